The van der Waals surface area contributed by atoms with Gasteiger partial charge in [0.2, 0.25) is 10.9 Å². The molecule has 0 radical (unpaired) electrons. The molecule has 0 spiro atoms. The van der Waals surface area contributed by atoms with Crippen LogP contribution in [0.1, 0.15) is 45.1 Å². The lowest BCUT2D eigenvalue weighted by atomic mass is 9.87. The fraction of sp³-hybridized carbons (Fsp3) is 0.692. The average molecular weight is 236 g/mol. The number of nitrogens with two attached hydrogens (primary N) is 1. The minimum atomic E-state index is -0.368. The van der Waals surface area contributed by atoms with E-state index in [0.717, 1.165) is 18.4 Å². The maximum absolute atomic E-state index is 11.5. The Morgan fingerprint density at radius 1 is 1.29 bits per heavy atom. The third-order valence-electron chi connectivity index (χ3n) is 3.54. The van der Waals surface area contributed by atoms with Crippen LogP contribution in [-0.4, -0.2) is 12.6 Å². The van der Waals surface area contributed by atoms with Crippen LogP contribution in [-0.2, 0) is 0 Å². The topological polar surface area (TPSA) is 72.2 Å². The normalized spacial score (nSPS) is 18.4. The Labute approximate surface area is 101 Å². The first-order chi connectivity index (χ1) is 7.82. The third-order valence-corrected chi connectivity index (χ3v) is 3.54. The van der Waals surface area contributed by atoms with Crippen molar-refractivity contribution in [1.29, 1.82) is 0 Å². The van der Waals surface area contributed by atoms with Crippen LogP contribution >= 0.6 is 0 Å². The summed E-state index contributed by atoms with van der Waals surface area (Å²) in [7, 11) is 0. The predicted molar refractivity (Wildman–Crippen MR) is 69.2 cm³/mol. The summed E-state index contributed by atoms with van der Waals surface area (Å²) in [6, 6.07) is -0.0426. The van der Waals surface area contributed by atoms with E-state index in [-0.39, 0.29) is 22.3 Å². The van der Waals surface area contributed by atoms with Crippen molar-refractivity contribution in [2.75, 3.05) is 11.9 Å². The quantitative estimate of drug-likeness (QED) is 0.763. The van der Waals surface area contributed by atoms with E-state index in [2.05, 4.69) is 26.1 Å². The van der Waals surface area contributed by atoms with Crippen molar-refractivity contribution in [3.05, 3.63) is 26.0 Å². The highest BCUT2D eigenvalue weighted by Crippen LogP contribution is 2.41. The van der Waals surface area contributed by atoms with E-state index in [4.69, 9.17) is 5.73 Å². The fourth-order valence-corrected chi connectivity index (χ4v) is 1.86. The van der Waals surface area contributed by atoms with Crippen molar-refractivity contribution in [3.63, 3.8) is 0 Å². The molecule has 0 heterocycles. The van der Waals surface area contributed by atoms with E-state index in [1.807, 2.05) is 0 Å². The maximum atomic E-state index is 11.5. The van der Waals surface area contributed by atoms with Crippen LogP contribution in [0.2, 0.25) is 0 Å². The molecule has 0 bridgehead atoms. The molecule has 0 amide bonds. The molecule has 94 valence electrons. The number of hydrogen-bond acceptors (Lipinski definition) is 4. The van der Waals surface area contributed by atoms with E-state index >= 15 is 0 Å². The van der Waals surface area contributed by atoms with Gasteiger partial charge in [-0.2, -0.15) is 0 Å². The average Bonchev–Trinajstić information content (AvgIpc) is 3.04. The Balaban J connectivity index is 2.03. The van der Waals surface area contributed by atoms with E-state index in [9.17, 15) is 9.59 Å². The van der Waals surface area contributed by atoms with Crippen LogP contribution < -0.4 is 21.9 Å². The van der Waals surface area contributed by atoms with Crippen molar-refractivity contribution in [2.24, 2.45) is 11.1 Å². The van der Waals surface area contributed by atoms with Crippen LogP contribution in [0.5, 0.6) is 0 Å². The highest BCUT2D eigenvalue weighted by Gasteiger charge is 2.35. The Morgan fingerprint density at radius 3 is 2.35 bits per heavy atom. The predicted octanol–water partition coefficient (Wildman–Crippen LogP) is 0.945. The van der Waals surface area contributed by atoms with E-state index in [1.54, 1.807) is 0 Å². The fourth-order valence-electron chi connectivity index (χ4n) is 1.86. The molecule has 4 heteroatoms. The highest BCUT2D eigenvalue weighted by atomic mass is 16.2. The van der Waals surface area contributed by atoms with E-state index in [1.165, 1.54) is 0 Å². The monoisotopic (exact) mass is 236 g/mol. The molecule has 1 fully saturated rings. The molecule has 1 saturated carbocycles. The minimum Gasteiger partial charge on any atom is -0.380 e. The van der Waals surface area contributed by atoms with E-state index < -0.39 is 0 Å². The summed E-state index contributed by atoms with van der Waals surface area (Å²) in [6.45, 7) is 6.71. The van der Waals surface area contributed by atoms with Crippen LogP contribution in [0.15, 0.2) is 9.59 Å². The van der Waals surface area contributed by atoms with Crippen molar-refractivity contribution in [3.8, 4) is 0 Å². The molecule has 0 aromatic heterocycles. The van der Waals surface area contributed by atoms with Gasteiger partial charge < -0.3 is 11.1 Å². The minimum absolute atomic E-state index is 0.00981. The lowest BCUT2D eigenvalue weighted by Crippen LogP contribution is -2.44. The van der Waals surface area contributed by atoms with Gasteiger partial charge in [0.05, 0.1) is 5.69 Å². The summed E-state index contributed by atoms with van der Waals surface area (Å²) >= 11 is 0. The molecule has 17 heavy (non-hydrogen) atoms. The molecular formula is C13H20N2O2. The number of anilines is 1. The summed E-state index contributed by atoms with van der Waals surface area (Å²) in [6.07, 6.45) is 2.07. The Bertz CT molecular complexity index is 488. The Kier molecular flexibility index (Phi) is 2.86. The van der Waals surface area contributed by atoms with E-state index in [0.29, 0.717) is 18.2 Å². The zero-order valence-electron chi connectivity index (χ0n) is 10.7. The molecule has 4 nitrogen and oxygen atoms in total. The van der Waals surface area contributed by atoms with Crippen molar-refractivity contribution < 1.29 is 0 Å². The zero-order valence-corrected chi connectivity index (χ0v) is 10.7. The van der Waals surface area contributed by atoms with Crippen molar-refractivity contribution >= 4 is 5.69 Å². The highest BCUT2D eigenvalue weighted by molar-refractivity contribution is 5.59. The molecule has 1 aromatic rings. The van der Waals surface area contributed by atoms with Gasteiger partial charge in [0.1, 0.15) is 0 Å². The summed E-state index contributed by atoms with van der Waals surface area (Å²) < 4.78 is 0. The molecular weight excluding hydrogens is 216 g/mol. The van der Waals surface area contributed by atoms with Gasteiger partial charge in [0.15, 0.2) is 0 Å². The first kappa shape index (κ1) is 12.3. The van der Waals surface area contributed by atoms with Gasteiger partial charge in [-0.05, 0) is 24.2 Å². The van der Waals surface area contributed by atoms with Gasteiger partial charge in [-0.1, -0.05) is 20.8 Å². The van der Waals surface area contributed by atoms with Crippen molar-refractivity contribution in [2.45, 2.75) is 45.6 Å². The first-order valence-electron chi connectivity index (χ1n) is 6.15. The van der Waals surface area contributed by atoms with Gasteiger partial charge >= 0.3 is 0 Å². The summed E-state index contributed by atoms with van der Waals surface area (Å²) in [5.74, 6) is 0.327. The second kappa shape index (κ2) is 3.95. The van der Waals surface area contributed by atoms with Crippen LogP contribution in [0.3, 0.4) is 0 Å². The smallest absolute Gasteiger partial charge is 0.249 e. The molecule has 0 saturated heterocycles. The largest absolute Gasteiger partial charge is 0.380 e. The number of hydrogen-bond donors (Lipinski definition) is 2. The lowest BCUT2D eigenvalue weighted by molar-refractivity contribution is 0.331. The SMILES string of the molecule is CC(C)(C)[C@H](N)CNc1c(C2CC2)c(=O)c1=O. The number of rotatable bonds is 4. The molecule has 3 N–H and O–H groups in total. The second-order valence-electron chi connectivity index (χ2n) is 6.07. The van der Waals surface area contributed by atoms with Crippen LogP contribution in [0.25, 0.3) is 0 Å². The zero-order chi connectivity index (χ0) is 12.8. The third kappa shape index (κ3) is 2.27. The van der Waals surface area contributed by atoms with Gasteiger partial charge in [-0.3, -0.25) is 9.59 Å². The van der Waals surface area contributed by atoms with Crippen molar-refractivity contribution in [1.82, 2.24) is 0 Å². The standard InChI is InChI=1S/C13H20N2O2/c1-13(2,3)8(14)6-15-10-9(7-4-5-7)11(16)12(10)17/h7-8,15H,4-6,14H2,1-3H3/t8-/m1/s1. The van der Waals surface area contributed by atoms with Crippen LogP contribution in [0.4, 0.5) is 5.69 Å². The molecule has 0 unspecified atom stereocenters. The Morgan fingerprint density at radius 2 is 1.88 bits per heavy atom. The molecule has 1 aliphatic rings. The first-order valence-corrected chi connectivity index (χ1v) is 6.15. The van der Waals surface area contributed by atoms with Gasteiger partial charge in [0.25, 0.3) is 0 Å². The van der Waals surface area contributed by atoms with Gasteiger partial charge in [0, 0.05) is 18.2 Å². The van der Waals surface area contributed by atoms with Crippen LogP contribution in [0, 0.1) is 5.41 Å². The second-order valence-corrected chi connectivity index (χ2v) is 6.07. The Hall–Kier alpha value is -1.16. The summed E-state index contributed by atoms with van der Waals surface area (Å²) in [4.78, 5) is 22.9. The molecule has 2 rings (SSSR count). The molecule has 1 aliphatic carbocycles. The maximum Gasteiger partial charge on any atom is 0.249 e. The number of nitrogens with one attached hydrogen (secondary N) is 1. The molecule has 0 aliphatic heterocycles. The molecule has 1 atom stereocenters. The molecule has 1 aromatic carbocycles. The van der Waals surface area contributed by atoms with Gasteiger partial charge in [-0.25, -0.2) is 0 Å². The van der Waals surface area contributed by atoms with Gasteiger partial charge in [-0.15, -0.1) is 0 Å². The summed E-state index contributed by atoms with van der Waals surface area (Å²) in [5, 5.41) is 3.06. The summed E-state index contributed by atoms with van der Waals surface area (Å²) in [5.41, 5.74) is 6.59. The lowest BCUT2D eigenvalue weighted by Gasteiger charge is -2.28.